The van der Waals surface area contributed by atoms with Gasteiger partial charge in [-0.05, 0) is 25.7 Å². The fourth-order valence-corrected chi connectivity index (χ4v) is 3.14. The standard InChI is InChI=1S/C15H19N3O2/c1-10(19)17-12-9-16-14-11(5-6-13(14)20)15(12)18-7-3-2-4-8-18/h9H,2-8H2,1H3,(H,17,19). The second-order valence-corrected chi connectivity index (χ2v) is 5.50. The third-order valence-corrected chi connectivity index (χ3v) is 4.00. The first-order chi connectivity index (χ1) is 9.66. The van der Waals surface area contributed by atoms with Crippen molar-refractivity contribution >= 4 is 23.1 Å². The van der Waals surface area contributed by atoms with Crippen LogP contribution in [0.25, 0.3) is 0 Å². The molecule has 2 heterocycles. The number of ketones is 1. The molecule has 1 saturated heterocycles. The SMILES string of the molecule is CC(=O)Nc1cnc2c(c1N1CCCCC1)CCC2=O. The van der Waals surface area contributed by atoms with Crippen molar-refractivity contribution in [2.45, 2.75) is 39.0 Å². The van der Waals surface area contributed by atoms with Gasteiger partial charge in [-0.2, -0.15) is 0 Å². The number of hydrogen-bond acceptors (Lipinski definition) is 4. The number of nitrogens with one attached hydrogen (secondary N) is 1. The number of aromatic nitrogens is 1. The molecule has 1 aromatic heterocycles. The molecule has 0 saturated carbocycles. The van der Waals surface area contributed by atoms with Gasteiger partial charge in [0.2, 0.25) is 5.91 Å². The van der Waals surface area contributed by atoms with Crippen LogP contribution in [0.1, 0.15) is 48.7 Å². The maximum absolute atomic E-state index is 11.9. The van der Waals surface area contributed by atoms with Gasteiger partial charge < -0.3 is 10.2 Å². The van der Waals surface area contributed by atoms with Crippen LogP contribution in [0, 0.1) is 0 Å². The molecule has 0 spiro atoms. The number of anilines is 2. The van der Waals surface area contributed by atoms with E-state index in [-0.39, 0.29) is 11.7 Å². The van der Waals surface area contributed by atoms with Gasteiger partial charge in [0.25, 0.3) is 0 Å². The Labute approximate surface area is 118 Å². The Bertz CT molecular complexity index is 562. The molecule has 0 atom stereocenters. The summed E-state index contributed by atoms with van der Waals surface area (Å²) in [4.78, 5) is 29.8. The first-order valence-electron chi connectivity index (χ1n) is 7.24. The summed E-state index contributed by atoms with van der Waals surface area (Å²) in [6.07, 6.45) is 6.47. The molecule has 1 aromatic rings. The molecule has 0 radical (unpaired) electrons. The monoisotopic (exact) mass is 273 g/mol. The highest BCUT2D eigenvalue weighted by Crippen LogP contribution is 2.37. The molecule has 0 aromatic carbocycles. The van der Waals surface area contributed by atoms with Gasteiger partial charge in [0.1, 0.15) is 5.69 Å². The number of carbonyl (C=O) groups is 2. The van der Waals surface area contributed by atoms with Crippen molar-refractivity contribution in [1.29, 1.82) is 0 Å². The average Bonchev–Trinajstić information content (AvgIpc) is 2.81. The van der Waals surface area contributed by atoms with Crippen LogP contribution in [-0.4, -0.2) is 29.8 Å². The minimum atomic E-state index is -0.102. The minimum absolute atomic E-state index is 0.102. The summed E-state index contributed by atoms with van der Waals surface area (Å²) in [5, 5.41) is 2.86. The van der Waals surface area contributed by atoms with E-state index in [0.717, 1.165) is 49.3 Å². The lowest BCUT2D eigenvalue weighted by molar-refractivity contribution is -0.114. The molecule has 1 amide bonds. The van der Waals surface area contributed by atoms with Crippen LogP contribution in [0.3, 0.4) is 0 Å². The molecule has 106 valence electrons. The van der Waals surface area contributed by atoms with Crippen molar-refractivity contribution in [3.8, 4) is 0 Å². The molecule has 5 heteroatoms. The zero-order valence-electron chi connectivity index (χ0n) is 11.7. The molecule has 5 nitrogen and oxygen atoms in total. The zero-order valence-corrected chi connectivity index (χ0v) is 11.7. The summed E-state index contributed by atoms with van der Waals surface area (Å²) in [5.41, 5.74) is 3.38. The number of hydrogen-bond donors (Lipinski definition) is 1. The number of carbonyl (C=O) groups excluding carboxylic acids is 2. The maximum atomic E-state index is 11.9. The predicted molar refractivity (Wildman–Crippen MR) is 77.3 cm³/mol. The normalized spacial score (nSPS) is 18.1. The molecule has 1 aliphatic carbocycles. The summed E-state index contributed by atoms with van der Waals surface area (Å²) in [6, 6.07) is 0. The summed E-state index contributed by atoms with van der Waals surface area (Å²) >= 11 is 0. The third-order valence-electron chi connectivity index (χ3n) is 4.00. The molecule has 20 heavy (non-hydrogen) atoms. The van der Waals surface area contributed by atoms with Crippen molar-refractivity contribution in [2.75, 3.05) is 23.3 Å². The Balaban J connectivity index is 2.06. The summed E-state index contributed by atoms with van der Waals surface area (Å²) in [5.74, 6) is 0.0157. The van der Waals surface area contributed by atoms with E-state index in [1.165, 1.54) is 13.3 Å². The van der Waals surface area contributed by atoms with Gasteiger partial charge >= 0.3 is 0 Å². The number of Topliss-reactive ketones (excluding diaryl/α,β-unsaturated/α-hetero) is 1. The maximum Gasteiger partial charge on any atom is 0.221 e. The van der Waals surface area contributed by atoms with Crippen LogP contribution in [0.5, 0.6) is 0 Å². The first kappa shape index (κ1) is 13.1. The Morgan fingerprint density at radius 3 is 2.70 bits per heavy atom. The average molecular weight is 273 g/mol. The lowest BCUT2D eigenvalue weighted by Crippen LogP contribution is -2.31. The predicted octanol–water partition coefficient (Wildman–Crippen LogP) is 2.16. The van der Waals surface area contributed by atoms with E-state index in [9.17, 15) is 9.59 Å². The van der Waals surface area contributed by atoms with Gasteiger partial charge in [-0.1, -0.05) is 0 Å². The van der Waals surface area contributed by atoms with Crippen LogP contribution in [0.2, 0.25) is 0 Å². The van der Waals surface area contributed by atoms with Crippen molar-refractivity contribution < 1.29 is 9.59 Å². The van der Waals surface area contributed by atoms with Gasteiger partial charge in [-0.15, -0.1) is 0 Å². The number of rotatable bonds is 2. The number of piperidine rings is 1. The zero-order chi connectivity index (χ0) is 14.1. The number of pyridine rings is 1. The molecule has 1 aliphatic heterocycles. The lowest BCUT2D eigenvalue weighted by atomic mass is 10.1. The minimum Gasteiger partial charge on any atom is -0.370 e. The summed E-state index contributed by atoms with van der Waals surface area (Å²) in [6.45, 7) is 3.47. The lowest BCUT2D eigenvalue weighted by Gasteiger charge is -2.32. The molecular formula is C15H19N3O2. The molecule has 0 bridgehead atoms. The van der Waals surface area contributed by atoms with Crippen LogP contribution in [0.4, 0.5) is 11.4 Å². The van der Waals surface area contributed by atoms with E-state index in [1.807, 2.05) is 0 Å². The van der Waals surface area contributed by atoms with Crippen molar-refractivity contribution in [2.24, 2.45) is 0 Å². The van der Waals surface area contributed by atoms with Gasteiger partial charge in [0.15, 0.2) is 5.78 Å². The van der Waals surface area contributed by atoms with Gasteiger partial charge in [0, 0.05) is 32.0 Å². The highest BCUT2D eigenvalue weighted by molar-refractivity contribution is 6.03. The van der Waals surface area contributed by atoms with Gasteiger partial charge in [0.05, 0.1) is 17.6 Å². The number of nitrogens with zero attached hydrogens (tertiary/aromatic N) is 2. The molecule has 1 N–H and O–H groups in total. The third kappa shape index (κ3) is 2.28. The van der Waals surface area contributed by atoms with Gasteiger partial charge in [-0.25, -0.2) is 0 Å². The summed E-state index contributed by atoms with van der Waals surface area (Å²) < 4.78 is 0. The van der Waals surface area contributed by atoms with Crippen molar-refractivity contribution in [3.63, 3.8) is 0 Å². The molecule has 3 rings (SSSR count). The Morgan fingerprint density at radius 2 is 2.00 bits per heavy atom. The van der Waals surface area contributed by atoms with E-state index in [4.69, 9.17) is 0 Å². The van der Waals surface area contributed by atoms with E-state index in [0.29, 0.717) is 12.1 Å². The quantitative estimate of drug-likeness (QED) is 0.897. The largest absolute Gasteiger partial charge is 0.370 e. The van der Waals surface area contributed by atoms with Crippen LogP contribution >= 0.6 is 0 Å². The Kier molecular flexibility index (Phi) is 3.42. The van der Waals surface area contributed by atoms with Gasteiger partial charge in [-0.3, -0.25) is 14.6 Å². The fourth-order valence-electron chi connectivity index (χ4n) is 3.14. The summed E-state index contributed by atoms with van der Waals surface area (Å²) in [7, 11) is 0. The Morgan fingerprint density at radius 1 is 1.25 bits per heavy atom. The van der Waals surface area contributed by atoms with E-state index in [2.05, 4.69) is 15.2 Å². The molecule has 1 fully saturated rings. The van der Waals surface area contributed by atoms with Crippen molar-refractivity contribution in [1.82, 2.24) is 4.98 Å². The van der Waals surface area contributed by atoms with E-state index < -0.39 is 0 Å². The highest BCUT2D eigenvalue weighted by atomic mass is 16.1. The molecule has 0 unspecified atom stereocenters. The first-order valence-corrected chi connectivity index (χ1v) is 7.24. The molecule has 2 aliphatic rings. The van der Waals surface area contributed by atoms with Crippen LogP contribution < -0.4 is 10.2 Å². The topological polar surface area (TPSA) is 62.3 Å². The van der Waals surface area contributed by atoms with Crippen LogP contribution in [-0.2, 0) is 11.2 Å². The van der Waals surface area contributed by atoms with E-state index >= 15 is 0 Å². The van der Waals surface area contributed by atoms with Crippen molar-refractivity contribution in [3.05, 3.63) is 17.5 Å². The second kappa shape index (κ2) is 5.23. The number of fused-ring (bicyclic) bond motifs is 1. The van der Waals surface area contributed by atoms with Crippen LogP contribution in [0.15, 0.2) is 6.20 Å². The second-order valence-electron chi connectivity index (χ2n) is 5.50. The fraction of sp³-hybridized carbons (Fsp3) is 0.533. The highest BCUT2D eigenvalue weighted by Gasteiger charge is 2.29. The number of amides is 1. The Hall–Kier alpha value is -1.91. The smallest absolute Gasteiger partial charge is 0.221 e. The molecular weight excluding hydrogens is 254 g/mol. The van der Waals surface area contributed by atoms with E-state index in [1.54, 1.807) is 6.20 Å².